The van der Waals surface area contributed by atoms with Gasteiger partial charge in [0.25, 0.3) is 5.91 Å². The second-order valence-corrected chi connectivity index (χ2v) is 5.45. The zero-order chi connectivity index (χ0) is 15.6. The van der Waals surface area contributed by atoms with Crippen LogP contribution in [-0.2, 0) is 0 Å². The van der Waals surface area contributed by atoms with Crippen molar-refractivity contribution in [3.05, 3.63) is 63.9 Å². The Morgan fingerprint density at radius 2 is 1.95 bits per heavy atom. The maximum absolute atomic E-state index is 13.3. The Bertz CT molecular complexity index is 661. The molecule has 0 fully saturated rings. The first-order valence-corrected chi connectivity index (χ1v) is 7.03. The van der Waals surface area contributed by atoms with Crippen LogP contribution in [-0.4, -0.2) is 22.8 Å². The quantitative estimate of drug-likeness (QED) is 0.781. The van der Waals surface area contributed by atoms with E-state index < -0.39 is 17.7 Å². The maximum Gasteiger partial charge on any atom is 0.255 e. The number of pyridine rings is 1. The molecule has 1 heterocycles. The number of halogens is 3. The number of aromatic nitrogens is 1. The van der Waals surface area contributed by atoms with E-state index in [2.05, 4.69) is 20.9 Å². The van der Waals surface area contributed by atoms with Crippen molar-refractivity contribution in [2.45, 2.75) is 13.0 Å². The lowest BCUT2D eigenvalue weighted by Gasteiger charge is -2.25. The van der Waals surface area contributed by atoms with Crippen LogP contribution in [0.1, 0.15) is 28.9 Å². The third-order valence-electron chi connectivity index (χ3n) is 3.30. The fourth-order valence-electron chi connectivity index (χ4n) is 1.88. The van der Waals surface area contributed by atoms with Gasteiger partial charge in [-0.15, -0.1) is 0 Å². The Balaban J connectivity index is 2.21. The van der Waals surface area contributed by atoms with Crippen LogP contribution in [0.2, 0.25) is 0 Å². The van der Waals surface area contributed by atoms with Crippen molar-refractivity contribution in [2.24, 2.45) is 0 Å². The fraction of sp³-hybridized carbons (Fsp3) is 0.200. The Morgan fingerprint density at radius 1 is 1.24 bits per heavy atom. The summed E-state index contributed by atoms with van der Waals surface area (Å²) >= 11 is 3.20. The van der Waals surface area contributed by atoms with Gasteiger partial charge in [0.15, 0.2) is 11.6 Å². The largest absolute Gasteiger partial charge is 0.335 e. The van der Waals surface area contributed by atoms with E-state index >= 15 is 0 Å². The van der Waals surface area contributed by atoms with Gasteiger partial charge in [-0.1, -0.05) is 6.07 Å². The lowest BCUT2D eigenvalue weighted by atomic mass is 10.1. The number of hydrogen-bond donors (Lipinski definition) is 0. The van der Waals surface area contributed by atoms with Gasteiger partial charge < -0.3 is 4.90 Å². The van der Waals surface area contributed by atoms with Crippen molar-refractivity contribution in [3.8, 4) is 0 Å². The number of amides is 1. The van der Waals surface area contributed by atoms with Crippen LogP contribution in [0.4, 0.5) is 8.78 Å². The smallest absolute Gasteiger partial charge is 0.255 e. The Hall–Kier alpha value is -1.82. The zero-order valence-electron chi connectivity index (χ0n) is 11.5. The lowest BCUT2D eigenvalue weighted by Crippen LogP contribution is -2.29. The first kappa shape index (κ1) is 15.6. The third kappa shape index (κ3) is 3.44. The predicted octanol–water partition coefficient (Wildman–Crippen LogP) is 3.96. The van der Waals surface area contributed by atoms with Gasteiger partial charge in [-0.05, 0) is 52.7 Å². The maximum atomic E-state index is 13.3. The summed E-state index contributed by atoms with van der Waals surface area (Å²) in [4.78, 5) is 17.8. The fourth-order valence-corrected chi connectivity index (χ4v) is 2.11. The minimum atomic E-state index is -0.925. The predicted molar refractivity (Wildman–Crippen MR) is 78.8 cm³/mol. The highest BCUT2D eigenvalue weighted by molar-refractivity contribution is 9.10. The number of benzene rings is 1. The zero-order valence-corrected chi connectivity index (χ0v) is 13.1. The number of carbonyl (C=O) groups is 1. The van der Waals surface area contributed by atoms with Crippen molar-refractivity contribution in [3.63, 3.8) is 0 Å². The van der Waals surface area contributed by atoms with Gasteiger partial charge in [0, 0.05) is 13.2 Å². The van der Waals surface area contributed by atoms with Gasteiger partial charge in [-0.25, -0.2) is 13.8 Å². The van der Waals surface area contributed by atoms with Gasteiger partial charge in [0.05, 0.1) is 11.6 Å². The molecule has 0 bridgehead atoms. The summed E-state index contributed by atoms with van der Waals surface area (Å²) in [5, 5.41) is 0. The SMILES string of the molecule is CC(c1ccc(F)c(F)c1)N(C)C(=O)c1ccc(Br)nc1. The molecule has 0 aliphatic heterocycles. The second kappa shape index (κ2) is 6.30. The van der Waals surface area contributed by atoms with Gasteiger partial charge in [-0.2, -0.15) is 0 Å². The highest BCUT2D eigenvalue weighted by Crippen LogP contribution is 2.22. The minimum Gasteiger partial charge on any atom is -0.335 e. The molecule has 0 aliphatic rings. The molecule has 0 aliphatic carbocycles. The van der Waals surface area contributed by atoms with Crippen LogP contribution in [0.5, 0.6) is 0 Å². The summed E-state index contributed by atoms with van der Waals surface area (Å²) in [5.41, 5.74) is 0.949. The molecule has 1 aromatic carbocycles. The molecule has 0 N–H and O–H groups in total. The van der Waals surface area contributed by atoms with Crippen LogP contribution < -0.4 is 0 Å². The molecule has 1 atom stereocenters. The monoisotopic (exact) mass is 354 g/mol. The van der Waals surface area contributed by atoms with Crippen molar-refractivity contribution in [1.82, 2.24) is 9.88 Å². The molecule has 6 heteroatoms. The van der Waals surface area contributed by atoms with Crippen LogP contribution in [0, 0.1) is 11.6 Å². The van der Waals surface area contributed by atoms with Gasteiger partial charge >= 0.3 is 0 Å². The standard InChI is InChI=1S/C15H13BrF2N2O/c1-9(10-3-5-12(17)13(18)7-10)20(2)15(21)11-4-6-14(16)19-8-11/h3-9H,1-2H3. The molecule has 110 valence electrons. The molecule has 3 nitrogen and oxygen atoms in total. The van der Waals surface area contributed by atoms with E-state index in [9.17, 15) is 13.6 Å². The van der Waals surface area contributed by atoms with Crippen LogP contribution in [0.3, 0.4) is 0 Å². The summed E-state index contributed by atoms with van der Waals surface area (Å²) < 4.78 is 26.9. The number of hydrogen-bond acceptors (Lipinski definition) is 2. The average molecular weight is 355 g/mol. The Kier molecular flexibility index (Phi) is 4.67. The van der Waals surface area contributed by atoms with E-state index in [0.717, 1.165) is 12.1 Å². The van der Waals surface area contributed by atoms with E-state index in [1.807, 2.05) is 0 Å². The van der Waals surface area contributed by atoms with Crippen LogP contribution in [0.15, 0.2) is 41.1 Å². The topological polar surface area (TPSA) is 33.2 Å². The van der Waals surface area contributed by atoms with E-state index in [0.29, 0.717) is 15.7 Å². The van der Waals surface area contributed by atoms with Gasteiger partial charge in [0.2, 0.25) is 0 Å². The summed E-state index contributed by atoms with van der Waals surface area (Å²) in [6.07, 6.45) is 1.46. The highest BCUT2D eigenvalue weighted by Gasteiger charge is 2.20. The van der Waals surface area contributed by atoms with Gasteiger partial charge in [0.1, 0.15) is 4.60 Å². The van der Waals surface area contributed by atoms with E-state index in [1.54, 1.807) is 26.1 Å². The minimum absolute atomic E-state index is 0.243. The average Bonchev–Trinajstić information content (AvgIpc) is 2.48. The first-order chi connectivity index (χ1) is 9.90. The van der Waals surface area contributed by atoms with Gasteiger partial charge in [-0.3, -0.25) is 4.79 Å². The molecule has 0 saturated heterocycles. The van der Waals surface area contributed by atoms with E-state index in [-0.39, 0.29) is 5.91 Å². The number of rotatable bonds is 3. The molecule has 2 rings (SSSR count). The molecule has 2 aromatic rings. The molecule has 0 radical (unpaired) electrons. The lowest BCUT2D eigenvalue weighted by molar-refractivity contribution is 0.0742. The summed E-state index contributed by atoms with van der Waals surface area (Å²) in [6.45, 7) is 1.75. The van der Waals surface area contributed by atoms with Crippen molar-refractivity contribution in [1.29, 1.82) is 0 Å². The molecular weight excluding hydrogens is 342 g/mol. The summed E-state index contributed by atoms with van der Waals surface area (Å²) in [5.74, 6) is -2.07. The number of nitrogens with zero attached hydrogens (tertiary/aromatic N) is 2. The van der Waals surface area contributed by atoms with E-state index in [4.69, 9.17) is 0 Å². The van der Waals surface area contributed by atoms with Crippen molar-refractivity contribution < 1.29 is 13.6 Å². The molecule has 1 amide bonds. The second-order valence-electron chi connectivity index (χ2n) is 4.64. The van der Waals surface area contributed by atoms with Crippen LogP contribution in [0.25, 0.3) is 0 Å². The molecule has 1 unspecified atom stereocenters. The third-order valence-corrected chi connectivity index (χ3v) is 3.77. The first-order valence-electron chi connectivity index (χ1n) is 6.24. The summed E-state index contributed by atoms with van der Waals surface area (Å²) in [6, 6.07) is 6.55. The van der Waals surface area contributed by atoms with E-state index in [1.165, 1.54) is 17.2 Å². The molecule has 21 heavy (non-hydrogen) atoms. The molecule has 0 saturated carbocycles. The molecule has 0 spiro atoms. The molecule has 1 aromatic heterocycles. The summed E-state index contributed by atoms with van der Waals surface area (Å²) in [7, 11) is 1.61. The van der Waals surface area contributed by atoms with Crippen molar-refractivity contribution >= 4 is 21.8 Å². The van der Waals surface area contributed by atoms with Crippen LogP contribution >= 0.6 is 15.9 Å². The normalized spacial score (nSPS) is 12.0. The van der Waals surface area contributed by atoms with Crippen molar-refractivity contribution in [2.75, 3.05) is 7.05 Å². The highest BCUT2D eigenvalue weighted by atomic mass is 79.9. The number of carbonyl (C=O) groups excluding carboxylic acids is 1. The Labute approximate surface area is 129 Å². The molecular formula is C15H13BrF2N2O. The Morgan fingerprint density at radius 3 is 2.52 bits per heavy atom.